The van der Waals surface area contributed by atoms with Gasteiger partial charge in [-0.1, -0.05) is 18.2 Å². The minimum atomic E-state index is -0.750. The molecule has 0 aromatic heterocycles. The molecule has 29 heavy (non-hydrogen) atoms. The van der Waals surface area contributed by atoms with Gasteiger partial charge in [-0.3, -0.25) is 24.5 Å². The molecular formula is C20H18N2O7. The third-order valence-corrected chi connectivity index (χ3v) is 4.55. The molecule has 9 heteroatoms. The highest BCUT2D eigenvalue weighted by Gasteiger charge is 2.36. The normalized spacial score (nSPS) is 15.8. The summed E-state index contributed by atoms with van der Waals surface area (Å²) >= 11 is 0. The number of methoxy groups -OCH3 is 1. The number of Topliss-reactive ketones (excluding diaryl/α,β-unsaturated/α-hetero) is 1. The second-order valence-electron chi connectivity index (χ2n) is 6.45. The number of ether oxygens (including phenoxy) is 2. The van der Waals surface area contributed by atoms with E-state index in [1.807, 2.05) is 0 Å². The molecule has 1 fully saturated rings. The first-order chi connectivity index (χ1) is 13.9. The van der Waals surface area contributed by atoms with Crippen LogP contribution in [0.5, 0.6) is 5.75 Å². The number of nitro groups is 1. The van der Waals surface area contributed by atoms with Crippen molar-refractivity contribution in [3.05, 3.63) is 64.2 Å². The average Bonchev–Trinajstić information content (AvgIpc) is 3.13. The van der Waals surface area contributed by atoms with Gasteiger partial charge in [-0.05, 0) is 18.2 Å². The summed E-state index contributed by atoms with van der Waals surface area (Å²) in [5.41, 5.74) is 0.537. The molecule has 0 N–H and O–H groups in total. The van der Waals surface area contributed by atoms with Crippen molar-refractivity contribution in [3.63, 3.8) is 0 Å². The van der Waals surface area contributed by atoms with Crippen LogP contribution < -0.4 is 9.64 Å². The van der Waals surface area contributed by atoms with E-state index in [2.05, 4.69) is 0 Å². The number of carbonyl (C=O) groups excluding carboxylic acids is 3. The Morgan fingerprint density at radius 3 is 2.69 bits per heavy atom. The standard InChI is InChI=1S/C20H18N2O7/c1-28-17-7-2-4-13(8-17)18(23)12-29-20(25)14-9-19(24)21(11-14)15-5-3-6-16(10-15)22(26)27/h2-8,10,14H,9,11-12H2,1H3/t14-/m0/s1. The molecule has 1 saturated heterocycles. The molecule has 3 rings (SSSR count). The van der Waals surface area contributed by atoms with Crippen LogP contribution in [-0.2, 0) is 14.3 Å². The smallest absolute Gasteiger partial charge is 0.311 e. The number of nitrogens with zero attached hydrogens (tertiary/aromatic N) is 2. The molecule has 1 aliphatic heterocycles. The molecule has 0 radical (unpaired) electrons. The minimum absolute atomic E-state index is 0.0339. The van der Waals surface area contributed by atoms with Crippen molar-refractivity contribution in [2.75, 3.05) is 25.2 Å². The predicted octanol–water partition coefficient (Wildman–Crippen LogP) is 2.38. The number of hydrogen-bond donors (Lipinski definition) is 0. The topological polar surface area (TPSA) is 116 Å². The average molecular weight is 398 g/mol. The summed E-state index contributed by atoms with van der Waals surface area (Å²) in [7, 11) is 1.48. The molecule has 150 valence electrons. The summed E-state index contributed by atoms with van der Waals surface area (Å²) in [5, 5.41) is 10.9. The lowest BCUT2D eigenvalue weighted by molar-refractivity contribution is -0.384. The molecule has 1 atom stereocenters. The van der Waals surface area contributed by atoms with Crippen LogP contribution >= 0.6 is 0 Å². The fourth-order valence-corrected chi connectivity index (χ4v) is 3.02. The van der Waals surface area contributed by atoms with E-state index >= 15 is 0 Å². The van der Waals surface area contributed by atoms with Crippen molar-refractivity contribution >= 4 is 29.0 Å². The number of benzene rings is 2. The lowest BCUT2D eigenvalue weighted by Gasteiger charge is -2.16. The number of esters is 1. The SMILES string of the molecule is COc1cccc(C(=O)COC(=O)[C@H]2CC(=O)N(c3cccc([N+](=O)[O-])c3)C2)c1. The van der Waals surface area contributed by atoms with Gasteiger partial charge in [0.1, 0.15) is 5.75 Å². The van der Waals surface area contributed by atoms with Gasteiger partial charge in [0.15, 0.2) is 12.4 Å². The van der Waals surface area contributed by atoms with Crippen LogP contribution in [0.1, 0.15) is 16.8 Å². The largest absolute Gasteiger partial charge is 0.497 e. The summed E-state index contributed by atoms with van der Waals surface area (Å²) in [6.07, 6.45) is -0.0884. The van der Waals surface area contributed by atoms with Gasteiger partial charge in [0.05, 0.1) is 23.6 Å². The van der Waals surface area contributed by atoms with Crippen molar-refractivity contribution in [1.82, 2.24) is 0 Å². The molecule has 1 amide bonds. The number of carbonyl (C=O) groups is 3. The Kier molecular flexibility index (Phi) is 5.87. The number of anilines is 1. The van der Waals surface area contributed by atoms with Crippen LogP contribution in [0.2, 0.25) is 0 Å². The number of amides is 1. The summed E-state index contributed by atoms with van der Waals surface area (Å²) in [6.45, 7) is -0.417. The molecule has 0 saturated carbocycles. The van der Waals surface area contributed by atoms with Gasteiger partial charge in [0.2, 0.25) is 5.91 Å². The summed E-state index contributed by atoms with van der Waals surface area (Å²) in [4.78, 5) is 48.5. The molecule has 9 nitrogen and oxygen atoms in total. The van der Waals surface area contributed by atoms with E-state index in [9.17, 15) is 24.5 Å². The molecular weight excluding hydrogens is 380 g/mol. The highest BCUT2D eigenvalue weighted by molar-refractivity contribution is 6.01. The van der Waals surface area contributed by atoms with Crippen LogP contribution in [-0.4, -0.2) is 42.8 Å². The van der Waals surface area contributed by atoms with Crippen LogP contribution in [0.4, 0.5) is 11.4 Å². The zero-order valence-corrected chi connectivity index (χ0v) is 15.6. The van der Waals surface area contributed by atoms with Gasteiger partial charge in [-0.2, -0.15) is 0 Å². The van der Waals surface area contributed by atoms with E-state index in [0.717, 1.165) is 0 Å². The van der Waals surface area contributed by atoms with Gasteiger partial charge in [0, 0.05) is 30.7 Å². The lowest BCUT2D eigenvalue weighted by atomic mass is 10.1. The summed E-state index contributed by atoms with van der Waals surface area (Å²) in [6, 6.07) is 12.1. The van der Waals surface area contributed by atoms with E-state index in [-0.39, 0.29) is 24.6 Å². The number of non-ortho nitro benzene ring substituents is 1. The molecule has 1 heterocycles. The van der Waals surface area contributed by atoms with Gasteiger partial charge in [-0.25, -0.2) is 0 Å². The minimum Gasteiger partial charge on any atom is -0.497 e. The first kappa shape index (κ1) is 20.0. The molecule has 0 spiro atoms. The molecule has 2 aromatic carbocycles. The molecule has 0 aliphatic carbocycles. The monoisotopic (exact) mass is 398 g/mol. The molecule has 2 aromatic rings. The van der Waals surface area contributed by atoms with Gasteiger partial charge in [-0.15, -0.1) is 0 Å². The lowest BCUT2D eigenvalue weighted by Crippen LogP contribution is -2.27. The van der Waals surface area contributed by atoms with Crippen LogP contribution in [0, 0.1) is 16.0 Å². The van der Waals surface area contributed by atoms with E-state index < -0.39 is 29.2 Å². The number of rotatable bonds is 7. The van der Waals surface area contributed by atoms with E-state index in [1.54, 1.807) is 30.3 Å². The third kappa shape index (κ3) is 4.57. The zero-order chi connectivity index (χ0) is 21.0. The number of ketones is 1. The second-order valence-corrected chi connectivity index (χ2v) is 6.45. The maximum Gasteiger partial charge on any atom is 0.311 e. The Bertz CT molecular complexity index is 973. The number of hydrogen-bond acceptors (Lipinski definition) is 7. The van der Waals surface area contributed by atoms with Crippen LogP contribution in [0.3, 0.4) is 0 Å². The Hall–Kier alpha value is -3.75. The van der Waals surface area contributed by atoms with Crippen LogP contribution in [0.15, 0.2) is 48.5 Å². The molecule has 0 bridgehead atoms. The Balaban J connectivity index is 1.61. The Labute approximate surface area is 166 Å². The highest BCUT2D eigenvalue weighted by atomic mass is 16.6. The molecule has 0 unspecified atom stereocenters. The van der Waals surface area contributed by atoms with Crippen molar-refractivity contribution in [2.24, 2.45) is 5.92 Å². The third-order valence-electron chi connectivity index (χ3n) is 4.55. The summed E-state index contributed by atoms with van der Waals surface area (Å²) < 4.78 is 10.1. The van der Waals surface area contributed by atoms with Crippen molar-refractivity contribution in [3.8, 4) is 5.75 Å². The quantitative estimate of drug-likeness (QED) is 0.304. The predicted molar refractivity (Wildman–Crippen MR) is 102 cm³/mol. The maximum atomic E-state index is 12.3. The van der Waals surface area contributed by atoms with Crippen LogP contribution in [0.25, 0.3) is 0 Å². The zero-order valence-electron chi connectivity index (χ0n) is 15.6. The number of nitro benzene ring substituents is 1. The Morgan fingerprint density at radius 2 is 1.97 bits per heavy atom. The highest BCUT2D eigenvalue weighted by Crippen LogP contribution is 2.28. The van der Waals surface area contributed by atoms with E-state index in [4.69, 9.17) is 9.47 Å². The van der Waals surface area contributed by atoms with E-state index in [1.165, 1.54) is 30.2 Å². The summed E-state index contributed by atoms with van der Waals surface area (Å²) in [5.74, 6) is -1.64. The second kappa shape index (κ2) is 8.51. The fourth-order valence-electron chi connectivity index (χ4n) is 3.02. The maximum absolute atomic E-state index is 12.3. The first-order valence-electron chi connectivity index (χ1n) is 8.77. The van der Waals surface area contributed by atoms with Crippen molar-refractivity contribution in [2.45, 2.75) is 6.42 Å². The van der Waals surface area contributed by atoms with Crippen molar-refractivity contribution < 1.29 is 28.8 Å². The Morgan fingerprint density at radius 1 is 1.21 bits per heavy atom. The van der Waals surface area contributed by atoms with Gasteiger partial charge >= 0.3 is 5.97 Å². The van der Waals surface area contributed by atoms with Gasteiger partial charge < -0.3 is 14.4 Å². The first-order valence-corrected chi connectivity index (χ1v) is 8.77. The van der Waals surface area contributed by atoms with Crippen molar-refractivity contribution in [1.29, 1.82) is 0 Å². The van der Waals surface area contributed by atoms with E-state index in [0.29, 0.717) is 17.0 Å². The fraction of sp³-hybridized carbons (Fsp3) is 0.250. The van der Waals surface area contributed by atoms with Gasteiger partial charge in [0.25, 0.3) is 5.69 Å². The molecule has 1 aliphatic rings.